The first-order valence-corrected chi connectivity index (χ1v) is 6.55. The first-order valence-electron chi connectivity index (χ1n) is 6.55. The molecule has 0 bridgehead atoms. The van der Waals surface area contributed by atoms with Crippen LogP contribution in [0.1, 0.15) is 37.8 Å². The van der Waals surface area contributed by atoms with Gasteiger partial charge in [-0.25, -0.2) is 0 Å². The number of hydrogen-bond acceptors (Lipinski definition) is 3. The van der Waals surface area contributed by atoms with E-state index in [1.807, 2.05) is 32.0 Å². The Morgan fingerprint density at radius 2 is 2.16 bits per heavy atom. The van der Waals surface area contributed by atoms with E-state index in [4.69, 9.17) is 4.74 Å². The van der Waals surface area contributed by atoms with Crippen molar-refractivity contribution in [3.8, 4) is 5.75 Å². The van der Waals surface area contributed by atoms with Crippen LogP contribution in [0.25, 0.3) is 0 Å². The molecule has 0 saturated carbocycles. The lowest BCUT2D eigenvalue weighted by Crippen LogP contribution is -2.48. The van der Waals surface area contributed by atoms with E-state index < -0.39 is 11.5 Å². The van der Waals surface area contributed by atoms with Crippen LogP contribution in [0.5, 0.6) is 5.75 Å². The topological polar surface area (TPSA) is 58.6 Å². The molecule has 19 heavy (non-hydrogen) atoms. The number of carboxylic acid groups (broad SMARTS) is 1. The molecule has 1 rings (SSSR count). The van der Waals surface area contributed by atoms with Crippen molar-refractivity contribution in [2.45, 2.75) is 45.7 Å². The van der Waals surface area contributed by atoms with Gasteiger partial charge < -0.3 is 9.84 Å². The Balaban J connectivity index is 2.75. The van der Waals surface area contributed by atoms with E-state index in [0.717, 1.165) is 23.3 Å². The molecule has 0 amide bonds. The summed E-state index contributed by atoms with van der Waals surface area (Å²) in [5.74, 6) is 0.0397. The quantitative estimate of drug-likeness (QED) is 0.796. The van der Waals surface area contributed by atoms with Crippen LogP contribution in [-0.2, 0) is 11.3 Å². The van der Waals surface area contributed by atoms with Gasteiger partial charge in [0.2, 0.25) is 0 Å². The number of hydrogen-bond donors (Lipinski definition) is 2. The number of aryl methyl sites for hydroxylation is 1. The number of aliphatic carboxylic acids is 1. The fourth-order valence-corrected chi connectivity index (χ4v) is 2.12. The van der Waals surface area contributed by atoms with Crippen LogP contribution in [0, 0.1) is 6.92 Å². The van der Waals surface area contributed by atoms with Crippen molar-refractivity contribution in [1.29, 1.82) is 0 Å². The second-order valence-corrected chi connectivity index (χ2v) is 5.04. The van der Waals surface area contributed by atoms with Crippen LogP contribution < -0.4 is 10.1 Å². The molecule has 4 nitrogen and oxygen atoms in total. The van der Waals surface area contributed by atoms with Crippen LogP contribution in [0.3, 0.4) is 0 Å². The summed E-state index contributed by atoms with van der Waals surface area (Å²) < 4.78 is 5.21. The van der Waals surface area contributed by atoms with Gasteiger partial charge in [-0.1, -0.05) is 25.5 Å². The summed E-state index contributed by atoms with van der Waals surface area (Å²) in [4.78, 5) is 11.3. The average Bonchev–Trinajstić information content (AvgIpc) is 2.36. The van der Waals surface area contributed by atoms with E-state index in [2.05, 4.69) is 5.32 Å². The predicted octanol–water partition coefficient (Wildman–Crippen LogP) is 2.74. The Labute approximate surface area is 114 Å². The highest BCUT2D eigenvalue weighted by Gasteiger charge is 2.31. The molecule has 4 heteroatoms. The lowest BCUT2D eigenvalue weighted by molar-refractivity contribution is -0.144. The van der Waals surface area contributed by atoms with Crippen molar-refractivity contribution in [2.24, 2.45) is 0 Å². The van der Waals surface area contributed by atoms with E-state index in [1.54, 1.807) is 14.0 Å². The summed E-state index contributed by atoms with van der Waals surface area (Å²) in [6, 6.07) is 5.87. The van der Waals surface area contributed by atoms with Gasteiger partial charge in [-0.3, -0.25) is 10.1 Å². The molecule has 0 aliphatic carbocycles. The fraction of sp³-hybridized carbons (Fsp3) is 0.533. The third-order valence-electron chi connectivity index (χ3n) is 3.36. The summed E-state index contributed by atoms with van der Waals surface area (Å²) in [6.07, 6.45) is 1.44. The molecule has 1 unspecified atom stereocenters. The standard InChI is InChI=1S/C15H23NO3/c1-5-8-15(3,14(17)18)16-10-12-6-7-13(19-4)11(2)9-12/h6-7,9,16H,5,8,10H2,1-4H3,(H,17,18). The molecule has 1 aromatic rings. The normalized spacial score (nSPS) is 13.9. The number of carbonyl (C=O) groups is 1. The number of nitrogens with one attached hydrogen (secondary N) is 1. The fourth-order valence-electron chi connectivity index (χ4n) is 2.12. The van der Waals surface area contributed by atoms with Gasteiger partial charge in [-0.2, -0.15) is 0 Å². The number of methoxy groups -OCH3 is 1. The minimum absolute atomic E-state index is 0.535. The maximum absolute atomic E-state index is 11.3. The Hall–Kier alpha value is -1.55. The third kappa shape index (κ3) is 3.96. The number of ether oxygens (including phenoxy) is 1. The van der Waals surface area contributed by atoms with Gasteiger partial charge in [-0.05, 0) is 37.5 Å². The molecule has 1 aromatic carbocycles. The van der Waals surface area contributed by atoms with Crippen molar-refractivity contribution in [3.05, 3.63) is 29.3 Å². The summed E-state index contributed by atoms with van der Waals surface area (Å²) >= 11 is 0. The number of benzene rings is 1. The van der Waals surface area contributed by atoms with Gasteiger partial charge in [0.05, 0.1) is 7.11 Å². The minimum atomic E-state index is -0.872. The maximum Gasteiger partial charge on any atom is 0.323 e. The second kappa shape index (κ2) is 6.57. The van der Waals surface area contributed by atoms with E-state index >= 15 is 0 Å². The van der Waals surface area contributed by atoms with Crippen LogP contribution in [0.2, 0.25) is 0 Å². The maximum atomic E-state index is 11.3. The van der Waals surface area contributed by atoms with Gasteiger partial charge in [-0.15, -0.1) is 0 Å². The highest BCUT2D eigenvalue weighted by atomic mass is 16.5. The predicted molar refractivity (Wildman–Crippen MR) is 75.5 cm³/mol. The zero-order valence-electron chi connectivity index (χ0n) is 12.1. The Bertz CT molecular complexity index is 445. The molecule has 0 aliphatic heterocycles. The van der Waals surface area contributed by atoms with E-state index in [9.17, 15) is 9.90 Å². The second-order valence-electron chi connectivity index (χ2n) is 5.04. The minimum Gasteiger partial charge on any atom is -0.496 e. The van der Waals surface area contributed by atoms with E-state index in [0.29, 0.717) is 13.0 Å². The van der Waals surface area contributed by atoms with Gasteiger partial charge >= 0.3 is 5.97 Å². The Morgan fingerprint density at radius 3 is 2.63 bits per heavy atom. The van der Waals surface area contributed by atoms with Gasteiger partial charge in [0.25, 0.3) is 0 Å². The molecule has 0 spiro atoms. The molecule has 0 fully saturated rings. The molecule has 0 heterocycles. The Kier molecular flexibility index (Phi) is 5.36. The SMILES string of the molecule is CCCC(C)(NCc1ccc(OC)c(C)c1)C(=O)O. The van der Waals surface area contributed by atoms with Crippen LogP contribution in [0.4, 0.5) is 0 Å². The summed E-state index contributed by atoms with van der Waals surface area (Å²) in [6.45, 7) is 6.23. The molecule has 0 radical (unpaired) electrons. The van der Waals surface area contributed by atoms with Crippen LogP contribution in [-0.4, -0.2) is 23.7 Å². The highest BCUT2D eigenvalue weighted by Crippen LogP contribution is 2.19. The molecule has 0 saturated heterocycles. The molecular formula is C15H23NO3. The Morgan fingerprint density at radius 1 is 1.47 bits per heavy atom. The van der Waals surface area contributed by atoms with E-state index in [1.165, 1.54) is 0 Å². The monoisotopic (exact) mass is 265 g/mol. The van der Waals surface area contributed by atoms with Gasteiger partial charge in [0.15, 0.2) is 0 Å². The zero-order valence-corrected chi connectivity index (χ0v) is 12.1. The highest BCUT2D eigenvalue weighted by molar-refractivity contribution is 5.78. The van der Waals surface area contributed by atoms with Crippen LogP contribution >= 0.6 is 0 Å². The van der Waals surface area contributed by atoms with Crippen molar-refractivity contribution in [2.75, 3.05) is 7.11 Å². The van der Waals surface area contributed by atoms with Gasteiger partial charge in [0.1, 0.15) is 11.3 Å². The molecule has 0 aromatic heterocycles. The number of carboxylic acids is 1. The largest absolute Gasteiger partial charge is 0.496 e. The van der Waals surface area contributed by atoms with E-state index in [-0.39, 0.29) is 0 Å². The summed E-state index contributed by atoms with van der Waals surface area (Å²) in [7, 11) is 1.64. The molecule has 2 N–H and O–H groups in total. The van der Waals surface area contributed by atoms with Crippen molar-refractivity contribution < 1.29 is 14.6 Å². The molecule has 0 aliphatic rings. The zero-order chi connectivity index (χ0) is 14.5. The summed E-state index contributed by atoms with van der Waals surface area (Å²) in [5, 5.41) is 12.4. The van der Waals surface area contributed by atoms with Crippen molar-refractivity contribution in [3.63, 3.8) is 0 Å². The molecule has 1 atom stereocenters. The first kappa shape index (κ1) is 15.5. The molecule has 106 valence electrons. The van der Waals surface area contributed by atoms with Gasteiger partial charge in [0, 0.05) is 6.54 Å². The first-order chi connectivity index (χ1) is 8.92. The lowest BCUT2D eigenvalue weighted by atomic mass is 9.96. The van der Waals surface area contributed by atoms with Crippen molar-refractivity contribution >= 4 is 5.97 Å². The smallest absolute Gasteiger partial charge is 0.323 e. The van der Waals surface area contributed by atoms with Crippen LogP contribution in [0.15, 0.2) is 18.2 Å². The molecular weight excluding hydrogens is 242 g/mol. The number of rotatable bonds is 7. The van der Waals surface area contributed by atoms with Crippen molar-refractivity contribution in [1.82, 2.24) is 5.32 Å². The third-order valence-corrected chi connectivity index (χ3v) is 3.36. The summed E-state index contributed by atoms with van der Waals surface area (Å²) in [5.41, 5.74) is 1.24. The lowest BCUT2D eigenvalue weighted by Gasteiger charge is -2.26. The average molecular weight is 265 g/mol.